The maximum absolute atomic E-state index is 10.7. The molecule has 1 aliphatic heterocycles. The number of hydrogen-bond donors (Lipinski definition) is 0. The molecule has 1 rings (SSSR count). The van der Waals surface area contributed by atoms with Gasteiger partial charge in [-0.2, -0.15) is 0 Å². The summed E-state index contributed by atoms with van der Waals surface area (Å²) in [6, 6.07) is 0. The summed E-state index contributed by atoms with van der Waals surface area (Å²) < 4.78 is 0. The van der Waals surface area contributed by atoms with Crippen molar-refractivity contribution >= 4 is 5.91 Å². The highest BCUT2D eigenvalue weighted by molar-refractivity contribution is 5.78. The van der Waals surface area contributed by atoms with E-state index in [2.05, 4.69) is 6.92 Å². The summed E-state index contributed by atoms with van der Waals surface area (Å²) in [5.74, 6) is 0.866. The molecule has 0 aliphatic carbocycles. The minimum Gasteiger partial charge on any atom is -0.345 e. The maximum Gasteiger partial charge on any atom is 0.222 e. The summed E-state index contributed by atoms with van der Waals surface area (Å²) in [4.78, 5) is 12.5. The van der Waals surface area contributed by atoms with Crippen LogP contribution in [0.25, 0.3) is 0 Å². The number of likely N-dealkylation sites (tertiary alicyclic amines) is 1. The van der Waals surface area contributed by atoms with E-state index in [0.29, 0.717) is 5.92 Å². The van der Waals surface area contributed by atoms with Gasteiger partial charge in [-0.3, -0.25) is 4.79 Å². The van der Waals surface area contributed by atoms with E-state index in [9.17, 15) is 4.79 Å². The van der Waals surface area contributed by atoms with Crippen LogP contribution in [-0.4, -0.2) is 24.4 Å². The average molecular weight is 143 g/mol. The first-order valence-corrected chi connectivity index (χ1v) is 3.94. The summed E-state index contributed by atoms with van der Waals surface area (Å²) in [7, 11) is 1.85. The van der Waals surface area contributed by atoms with Crippen molar-refractivity contribution in [2.24, 2.45) is 5.92 Å². The molecule has 1 heterocycles. The van der Waals surface area contributed by atoms with Gasteiger partial charge < -0.3 is 4.90 Å². The third kappa shape index (κ3) is 2.38. The smallest absolute Gasteiger partial charge is 0.222 e. The van der Waals surface area contributed by atoms with Gasteiger partial charge in [-0.05, 0) is 5.92 Å². The van der Waals surface area contributed by atoms with Gasteiger partial charge in [0.1, 0.15) is 0 Å². The predicted molar refractivity (Wildman–Crippen MR) is 42.8 cm³/mol. The minimum absolute atomic E-state index is 0.289. The topological polar surface area (TPSA) is 20.3 Å². The molecular formula is C8H17NO. The molecule has 0 aromatic carbocycles. The van der Waals surface area contributed by atoms with Gasteiger partial charge in [-0.15, -0.1) is 0 Å². The Hall–Kier alpha value is -0.530. The van der Waals surface area contributed by atoms with Crippen LogP contribution in [0.5, 0.6) is 0 Å². The van der Waals surface area contributed by atoms with E-state index in [1.807, 2.05) is 20.9 Å². The molecule has 1 saturated heterocycles. The van der Waals surface area contributed by atoms with Gasteiger partial charge in [0.25, 0.3) is 0 Å². The molecule has 0 spiro atoms. The molecule has 2 nitrogen and oxygen atoms in total. The molecule has 1 unspecified atom stereocenters. The van der Waals surface area contributed by atoms with Crippen LogP contribution in [0.4, 0.5) is 0 Å². The molecule has 0 radical (unpaired) electrons. The highest BCUT2D eigenvalue weighted by Gasteiger charge is 2.22. The van der Waals surface area contributed by atoms with Crippen LogP contribution >= 0.6 is 0 Å². The Bertz CT molecular complexity index is 112. The van der Waals surface area contributed by atoms with Crippen molar-refractivity contribution in [1.29, 1.82) is 0 Å². The maximum atomic E-state index is 10.7. The fourth-order valence-electron chi connectivity index (χ4n) is 1.09. The van der Waals surface area contributed by atoms with Crippen molar-refractivity contribution in [2.45, 2.75) is 27.2 Å². The van der Waals surface area contributed by atoms with E-state index < -0.39 is 0 Å². The fraction of sp³-hybridized carbons (Fsp3) is 0.875. The Balaban J connectivity index is 0.000000371. The summed E-state index contributed by atoms with van der Waals surface area (Å²) in [5.41, 5.74) is 0. The zero-order chi connectivity index (χ0) is 8.15. The second-order valence-electron chi connectivity index (χ2n) is 2.58. The van der Waals surface area contributed by atoms with Crippen molar-refractivity contribution < 1.29 is 4.79 Å². The number of rotatable bonds is 0. The first-order valence-electron chi connectivity index (χ1n) is 3.94. The molecule has 0 aromatic heterocycles. The third-order valence-corrected chi connectivity index (χ3v) is 1.53. The first kappa shape index (κ1) is 9.47. The Kier molecular flexibility index (Phi) is 4.08. The molecule has 10 heavy (non-hydrogen) atoms. The molecule has 1 amide bonds. The Morgan fingerprint density at radius 1 is 1.50 bits per heavy atom. The lowest BCUT2D eigenvalue weighted by Gasteiger charge is -2.04. The van der Waals surface area contributed by atoms with Crippen molar-refractivity contribution in [3.05, 3.63) is 0 Å². The van der Waals surface area contributed by atoms with Crippen LogP contribution in [0, 0.1) is 5.92 Å². The van der Waals surface area contributed by atoms with Crippen LogP contribution in [0.15, 0.2) is 0 Å². The van der Waals surface area contributed by atoms with Crippen molar-refractivity contribution in [1.82, 2.24) is 4.90 Å². The quantitative estimate of drug-likeness (QED) is 0.503. The van der Waals surface area contributed by atoms with Gasteiger partial charge in [0.15, 0.2) is 0 Å². The molecule has 0 bridgehead atoms. The van der Waals surface area contributed by atoms with Gasteiger partial charge in [0.05, 0.1) is 0 Å². The second-order valence-corrected chi connectivity index (χ2v) is 2.58. The first-order chi connectivity index (χ1) is 4.70. The van der Waals surface area contributed by atoms with Crippen molar-refractivity contribution in [3.63, 3.8) is 0 Å². The number of hydrogen-bond acceptors (Lipinski definition) is 1. The summed E-state index contributed by atoms with van der Waals surface area (Å²) >= 11 is 0. The van der Waals surface area contributed by atoms with Crippen molar-refractivity contribution in [3.8, 4) is 0 Å². The van der Waals surface area contributed by atoms with Crippen LogP contribution in [0.2, 0.25) is 0 Å². The lowest BCUT2D eigenvalue weighted by atomic mass is 10.2. The number of amides is 1. The molecule has 60 valence electrons. The highest BCUT2D eigenvalue weighted by atomic mass is 16.2. The van der Waals surface area contributed by atoms with E-state index in [1.165, 1.54) is 0 Å². The Labute approximate surface area is 63.2 Å². The van der Waals surface area contributed by atoms with Gasteiger partial charge in [0.2, 0.25) is 5.91 Å². The summed E-state index contributed by atoms with van der Waals surface area (Å²) in [6.45, 7) is 7.04. The fourth-order valence-corrected chi connectivity index (χ4v) is 1.09. The third-order valence-electron chi connectivity index (χ3n) is 1.53. The van der Waals surface area contributed by atoms with Crippen LogP contribution in [0.3, 0.4) is 0 Å². The largest absolute Gasteiger partial charge is 0.345 e. The van der Waals surface area contributed by atoms with E-state index in [-0.39, 0.29) is 5.91 Å². The Morgan fingerprint density at radius 3 is 2.10 bits per heavy atom. The number of carbonyl (C=O) groups excluding carboxylic acids is 1. The molecular weight excluding hydrogens is 126 g/mol. The van der Waals surface area contributed by atoms with Gasteiger partial charge >= 0.3 is 0 Å². The Morgan fingerprint density at radius 2 is 2.00 bits per heavy atom. The van der Waals surface area contributed by atoms with Crippen LogP contribution in [0.1, 0.15) is 27.2 Å². The van der Waals surface area contributed by atoms with E-state index in [1.54, 1.807) is 4.90 Å². The van der Waals surface area contributed by atoms with E-state index >= 15 is 0 Å². The lowest BCUT2D eigenvalue weighted by molar-refractivity contribution is -0.126. The summed E-state index contributed by atoms with van der Waals surface area (Å²) in [5, 5.41) is 0. The molecule has 2 heteroatoms. The van der Waals surface area contributed by atoms with Gasteiger partial charge in [-0.1, -0.05) is 20.8 Å². The highest BCUT2D eigenvalue weighted by Crippen LogP contribution is 2.13. The monoisotopic (exact) mass is 143 g/mol. The molecule has 0 N–H and O–H groups in total. The lowest BCUT2D eigenvalue weighted by Crippen LogP contribution is -2.18. The second kappa shape index (κ2) is 4.31. The molecule has 1 aliphatic rings. The summed E-state index contributed by atoms with van der Waals surface area (Å²) in [6.07, 6.45) is 0.747. The standard InChI is InChI=1S/C6H11NO.C2H6/c1-5-3-6(8)7(2)4-5;1-2/h5H,3-4H2,1-2H3;1-2H3. The predicted octanol–water partition coefficient (Wildman–Crippen LogP) is 1.51. The molecule has 1 atom stereocenters. The normalized spacial score (nSPS) is 24.2. The molecule has 0 aromatic rings. The van der Waals surface area contributed by atoms with Crippen LogP contribution < -0.4 is 0 Å². The van der Waals surface area contributed by atoms with Gasteiger partial charge in [0, 0.05) is 20.0 Å². The van der Waals surface area contributed by atoms with E-state index in [0.717, 1.165) is 13.0 Å². The zero-order valence-corrected chi connectivity index (χ0v) is 7.35. The minimum atomic E-state index is 0.289. The zero-order valence-electron chi connectivity index (χ0n) is 7.35. The molecule has 1 fully saturated rings. The average Bonchev–Trinajstić information content (AvgIpc) is 2.16. The van der Waals surface area contributed by atoms with E-state index in [4.69, 9.17) is 0 Å². The molecule has 0 saturated carbocycles. The number of carbonyl (C=O) groups is 1. The SMILES string of the molecule is CC.CC1CC(=O)N(C)C1. The number of nitrogens with zero attached hydrogens (tertiary/aromatic N) is 1. The van der Waals surface area contributed by atoms with Gasteiger partial charge in [-0.25, -0.2) is 0 Å². The van der Waals surface area contributed by atoms with Crippen LogP contribution in [-0.2, 0) is 4.79 Å². The van der Waals surface area contributed by atoms with Crippen molar-refractivity contribution in [2.75, 3.05) is 13.6 Å².